The first-order valence-corrected chi connectivity index (χ1v) is 9.73. The number of rotatable bonds is 6. The van der Waals surface area contributed by atoms with Crippen molar-refractivity contribution >= 4 is 22.7 Å². The van der Waals surface area contributed by atoms with Gasteiger partial charge in [0.1, 0.15) is 5.69 Å². The average molecular weight is 376 g/mol. The van der Waals surface area contributed by atoms with Gasteiger partial charge in [-0.25, -0.2) is 0 Å². The van der Waals surface area contributed by atoms with Gasteiger partial charge < -0.3 is 15.2 Å². The lowest BCUT2D eigenvalue weighted by Gasteiger charge is -2.26. The molecule has 1 atom stereocenters. The maximum atomic E-state index is 13.5. The summed E-state index contributed by atoms with van der Waals surface area (Å²) in [4.78, 5) is 34.5. The molecule has 0 aliphatic carbocycles. The first-order valence-electron chi connectivity index (χ1n) is 9.73. The summed E-state index contributed by atoms with van der Waals surface area (Å²) in [5.41, 5.74) is 3.61. The lowest BCUT2D eigenvalue weighted by atomic mass is 10.1. The molecule has 0 bridgehead atoms. The highest BCUT2D eigenvalue weighted by Crippen LogP contribution is 2.25. The summed E-state index contributed by atoms with van der Waals surface area (Å²) in [6.45, 7) is 3.00. The van der Waals surface area contributed by atoms with Gasteiger partial charge in [-0.2, -0.15) is 0 Å². The van der Waals surface area contributed by atoms with Crippen molar-refractivity contribution in [3.8, 4) is 0 Å². The third kappa shape index (κ3) is 3.63. The Balaban J connectivity index is 1.66. The number of hydrogen-bond donors (Lipinski definition) is 2. The fraction of sp³-hybridized carbons (Fsp3) is 0.318. The second kappa shape index (κ2) is 7.84. The standard InChI is InChI=1S/C22H24N4O2/c1-2-17-18-7-3-4-8-19(18)25-21(17)22(28)26(13-15-6-5-11-23-12-15)14-16-9-10-20(27)24-16/h3-8,11-12,16,25H,2,9-10,13-14H2,1H3,(H,24,27)/t16-/m0/s1. The number of aromatic amines is 1. The summed E-state index contributed by atoms with van der Waals surface area (Å²) >= 11 is 0. The summed E-state index contributed by atoms with van der Waals surface area (Å²) in [6, 6.07) is 11.8. The highest BCUT2D eigenvalue weighted by atomic mass is 16.2. The summed E-state index contributed by atoms with van der Waals surface area (Å²) in [6.07, 6.45) is 5.54. The zero-order valence-electron chi connectivity index (χ0n) is 15.9. The molecule has 2 amide bonds. The van der Waals surface area contributed by atoms with Crippen molar-refractivity contribution in [2.24, 2.45) is 0 Å². The Bertz CT molecular complexity index is 996. The molecule has 1 aliphatic heterocycles. The maximum absolute atomic E-state index is 13.5. The first-order chi connectivity index (χ1) is 13.7. The topological polar surface area (TPSA) is 78.1 Å². The van der Waals surface area contributed by atoms with Crippen LogP contribution >= 0.6 is 0 Å². The zero-order valence-corrected chi connectivity index (χ0v) is 15.9. The minimum Gasteiger partial charge on any atom is -0.352 e. The van der Waals surface area contributed by atoms with Gasteiger partial charge in [-0.3, -0.25) is 14.6 Å². The molecule has 2 aromatic heterocycles. The van der Waals surface area contributed by atoms with E-state index in [0.717, 1.165) is 34.9 Å². The van der Waals surface area contributed by atoms with E-state index in [1.54, 1.807) is 12.4 Å². The van der Waals surface area contributed by atoms with Crippen LogP contribution in [0.5, 0.6) is 0 Å². The van der Waals surface area contributed by atoms with Crippen LogP contribution in [0.4, 0.5) is 0 Å². The maximum Gasteiger partial charge on any atom is 0.270 e. The van der Waals surface area contributed by atoms with Crippen molar-refractivity contribution < 1.29 is 9.59 Å². The molecule has 1 aromatic carbocycles. The Morgan fingerprint density at radius 1 is 1.25 bits per heavy atom. The molecular weight excluding hydrogens is 352 g/mol. The normalized spacial score (nSPS) is 16.3. The number of nitrogens with zero attached hydrogens (tertiary/aromatic N) is 2. The molecule has 1 aliphatic rings. The summed E-state index contributed by atoms with van der Waals surface area (Å²) < 4.78 is 0. The molecule has 0 spiro atoms. The van der Waals surface area contributed by atoms with E-state index in [-0.39, 0.29) is 17.9 Å². The molecule has 1 saturated heterocycles. The lowest BCUT2D eigenvalue weighted by Crippen LogP contribution is -2.42. The van der Waals surface area contributed by atoms with Crippen molar-refractivity contribution in [2.75, 3.05) is 6.54 Å². The molecule has 28 heavy (non-hydrogen) atoms. The number of para-hydroxylation sites is 1. The van der Waals surface area contributed by atoms with Gasteiger partial charge >= 0.3 is 0 Å². The van der Waals surface area contributed by atoms with Crippen LogP contribution in [0.25, 0.3) is 10.9 Å². The zero-order chi connectivity index (χ0) is 19.5. The van der Waals surface area contributed by atoms with E-state index in [9.17, 15) is 9.59 Å². The van der Waals surface area contributed by atoms with E-state index in [2.05, 4.69) is 22.2 Å². The predicted molar refractivity (Wildman–Crippen MR) is 108 cm³/mol. The number of aromatic nitrogens is 2. The number of carbonyl (C=O) groups excluding carboxylic acids is 2. The van der Waals surface area contributed by atoms with Crippen LogP contribution in [0.15, 0.2) is 48.8 Å². The van der Waals surface area contributed by atoms with Crippen molar-refractivity contribution in [3.05, 3.63) is 65.6 Å². The smallest absolute Gasteiger partial charge is 0.270 e. The molecule has 6 heteroatoms. The van der Waals surface area contributed by atoms with Crippen LogP contribution in [0.3, 0.4) is 0 Å². The van der Waals surface area contributed by atoms with Crippen LogP contribution in [0, 0.1) is 0 Å². The molecule has 4 rings (SSSR count). The number of nitrogens with one attached hydrogen (secondary N) is 2. The van der Waals surface area contributed by atoms with Crippen LogP contribution in [-0.2, 0) is 17.8 Å². The van der Waals surface area contributed by atoms with Gasteiger partial charge in [0.05, 0.1) is 0 Å². The van der Waals surface area contributed by atoms with E-state index in [0.29, 0.717) is 25.2 Å². The SMILES string of the molecule is CCc1c(C(=O)N(Cc2cccnc2)C[C@@H]2CCC(=O)N2)[nH]c2ccccc12. The number of pyridine rings is 1. The van der Waals surface area contributed by atoms with Gasteiger partial charge in [0, 0.05) is 48.8 Å². The Labute approximate surface area is 164 Å². The van der Waals surface area contributed by atoms with Gasteiger partial charge in [-0.05, 0) is 36.1 Å². The largest absolute Gasteiger partial charge is 0.352 e. The Morgan fingerprint density at radius 3 is 2.82 bits per heavy atom. The molecule has 3 aromatic rings. The number of aryl methyl sites for hydroxylation is 1. The van der Waals surface area contributed by atoms with Crippen LogP contribution in [0.2, 0.25) is 0 Å². The third-order valence-electron chi connectivity index (χ3n) is 5.29. The molecular formula is C22H24N4O2. The number of amides is 2. The molecule has 3 heterocycles. The van der Waals surface area contributed by atoms with Gasteiger partial charge in [0.15, 0.2) is 0 Å². The van der Waals surface area contributed by atoms with Gasteiger partial charge in [0.25, 0.3) is 5.91 Å². The van der Waals surface area contributed by atoms with Gasteiger partial charge in [0.2, 0.25) is 5.91 Å². The number of hydrogen-bond acceptors (Lipinski definition) is 3. The molecule has 2 N–H and O–H groups in total. The molecule has 0 unspecified atom stereocenters. The second-order valence-electron chi connectivity index (χ2n) is 7.23. The average Bonchev–Trinajstić information content (AvgIpc) is 3.30. The summed E-state index contributed by atoms with van der Waals surface area (Å²) in [5.74, 6) is 0.0108. The second-order valence-corrected chi connectivity index (χ2v) is 7.23. The predicted octanol–water partition coefficient (Wildman–Crippen LogP) is 3.05. The fourth-order valence-electron chi connectivity index (χ4n) is 3.92. The van der Waals surface area contributed by atoms with Gasteiger partial charge in [-0.1, -0.05) is 31.2 Å². The molecule has 144 valence electrons. The minimum absolute atomic E-state index is 0.0115. The van der Waals surface area contributed by atoms with E-state index < -0.39 is 0 Å². The van der Waals surface area contributed by atoms with Crippen LogP contribution < -0.4 is 5.32 Å². The van der Waals surface area contributed by atoms with E-state index in [4.69, 9.17) is 0 Å². The molecule has 0 radical (unpaired) electrons. The summed E-state index contributed by atoms with van der Waals surface area (Å²) in [5, 5.41) is 4.06. The number of benzene rings is 1. The first kappa shape index (κ1) is 18.2. The quantitative estimate of drug-likeness (QED) is 0.694. The highest BCUT2D eigenvalue weighted by molar-refractivity contribution is 6.01. The number of H-pyrrole nitrogens is 1. The lowest BCUT2D eigenvalue weighted by molar-refractivity contribution is -0.119. The highest BCUT2D eigenvalue weighted by Gasteiger charge is 2.28. The van der Waals surface area contributed by atoms with E-state index >= 15 is 0 Å². The Hall–Kier alpha value is -3.15. The minimum atomic E-state index is -0.0435. The molecule has 0 saturated carbocycles. The monoisotopic (exact) mass is 376 g/mol. The number of fused-ring (bicyclic) bond motifs is 1. The van der Waals surface area contributed by atoms with Crippen molar-refractivity contribution in [2.45, 2.75) is 38.8 Å². The Morgan fingerprint density at radius 2 is 2.11 bits per heavy atom. The van der Waals surface area contributed by atoms with Crippen molar-refractivity contribution in [3.63, 3.8) is 0 Å². The summed E-state index contributed by atoms with van der Waals surface area (Å²) in [7, 11) is 0. The molecule has 1 fully saturated rings. The van der Waals surface area contributed by atoms with Crippen LogP contribution in [-0.4, -0.2) is 39.3 Å². The van der Waals surface area contributed by atoms with Crippen molar-refractivity contribution in [1.82, 2.24) is 20.2 Å². The van der Waals surface area contributed by atoms with Gasteiger partial charge in [-0.15, -0.1) is 0 Å². The fourth-order valence-corrected chi connectivity index (χ4v) is 3.92. The van der Waals surface area contributed by atoms with Crippen LogP contribution in [0.1, 0.15) is 41.4 Å². The number of carbonyl (C=O) groups is 2. The van der Waals surface area contributed by atoms with E-state index in [1.807, 2.05) is 41.3 Å². The third-order valence-corrected chi connectivity index (χ3v) is 5.29. The molecule has 6 nitrogen and oxygen atoms in total. The van der Waals surface area contributed by atoms with E-state index in [1.165, 1.54) is 0 Å². The Kier molecular flexibility index (Phi) is 5.10. The van der Waals surface area contributed by atoms with Crippen molar-refractivity contribution in [1.29, 1.82) is 0 Å².